The van der Waals surface area contributed by atoms with E-state index >= 15 is 0 Å². The van der Waals surface area contributed by atoms with E-state index in [2.05, 4.69) is 0 Å². The van der Waals surface area contributed by atoms with Crippen LogP contribution in [0.3, 0.4) is 0 Å². The molecule has 0 aliphatic rings. The van der Waals surface area contributed by atoms with Gasteiger partial charge < -0.3 is 5.73 Å². The number of benzene rings is 2. The Labute approximate surface area is 105 Å². The molecule has 2 aromatic rings. The van der Waals surface area contributed by atoms with Gasteiger partial charge in [-0.3, -0.25) is 4.79 Å². The van der Waals surface area contributed by atoms with Gasteiger partial charge in [-0.2, -0.15) is 0 Å². The van der Waals surface area contributed by atoms with Crippen LogP contribution in [-0.2, 0) is 0 Å². The lowest BCUT2D eigenvalue weighted by molar-refractivity contribution is 0.112. The zero-order valence-corrected chi connectivity index (χ0v) is 10.2. The molecule has 0 heterocycles. The number of hydrogen-bond acceptors (Lipinski definition) is 2. The van der Waals surface area contributed by atoms with E-state index in [0.29, 0.717) is 16.3 Å². The van der Waals surface area contributed by atoms with E-state index in [9.17, 15) is 4.79 Å². The van der Waals surface area contributed by atoms with Crippen LogP contribution in [0.2, 0.25) is 5.02 Å². The minimum atomic E-state index is 0.559. The van der Waals surface area contributed by atoms with Gasteiger partial charge in [0.15, 0.2) is 0 Å². The average Bonchev–Trinajstić information content (AvgIpc) is 2.35. The van der Waals surface area contributed by atoms with Gasteiger partial charge in [-0.05, 0) is 24.1 Å². The second-order valence-corrected chi connectivity index (χ2v) is 4.28. The largest absolute Gasteiger partial charge is 0.398 e. The van der Waals surface area contributed by atoms with Crippen molar-refractivity contribution in [3.8, 4) is 11.1 Å². The number of aryl methyl sites for hydroxylation is 1. The first-order chi connectivity index (χ1) is 8.13. The van der Waals surface area contributed by atoms with Crippen LogP contribution >= 0.6 is 11.6 Å². The minimum Gasteiger partial charge on any atom is -0.398 e. The van der Waals surface area contributed by atoms with Crippen molar-refractivity contribution in [2.24, 2.45) is 0 Å². The number of hydrogen-bond donors (Lipinski definition) is 1. The van der Waals surface area contributed by atoms with E-state index in [4.69, 9.17) is 17.3 Å². The van der Waals surface area contributed by atoms with Gasteiger partial charge in [0.05, 0.1) is 10.7 Å². The molecule has 0 unspecified atom stereocenters. The topological polar surface area (TPSA) is 43.1 Å². The zero-order chi connectivity index (χ0) is 12.4. The van der Waals surface area contributed by atoms with Crippen LogP contribution in [0, 0.1) is 6.92 Å². The van der Waals surface area contributed by atoms with Gasteiger partial charge in [0.2, 0.25) is 0 Å². The Morgan fingerprint density at radius 3 is 2.35 bits per heavy atom. The molecule has 17 heavy (non-hydrogen) atoms. The van der Waals surface area contributed by atoms with Gasteiger partial charge >= 0.3 is 0 Å². The average molecular weight is 246 g/mol. The van der Waals surface area contributed by atoms with E-state index in [0.717, 1.165) is 23.0 Å². The number of nitrogen functional groups attached to an aromatic ring is 1. The van der Waals surface area contributed by atoms with Crippen molar-refractivity contribution in [1.82, 2.24) is 0 Å². The third-order valence-corrected chi connectivity index (χ3v) is 3.12. The van der Waals surface area contributed by atoms with Crippen LogP contribution in [0.1, 0.15) is 15.9 Å². The molecule has 2 N–H and O–H groups in total. The third kappa shape index (κ3) is 2.17. The molecule has 0 aliphatic carbocycles. The third-order valence-electron chi connectivity index (χ3n) is 2.72. The first-order valence-electron chi connectivity index (χ1n) is 5.23. The standard InChI is InChI=1S/C14H12ClNO/c1-9-2-7-12(16)14(15)13(9)11-5-3-10(8-17)4-6-11/h2-8H,16H2,1H3. The fourth-order valence-corrected chi connectivity index (χ4v) is 2.09. The molecule has 0 saturated heterocycles. The fraction of sp³-hybridized carbons (Fsp3) is 0.0714. The second-order valence-electron chi connectivity index (χ2n) is 3.90. The Kier molecular flexibility index (Phi) is 3.16. The summed E-state index contributed by atoms with van der Waals surface area (Å²) < 4.78 is 0. The summed E-state index contributed by atoms with van der Waals surface area (Å²) in [6.45, 7) is 1.98. The Hall–Kier alpha value is -1.80. The molecule has 0 atom stereocenters. The van der Waals surface area contributed by atoms with Gasteiger partial charge in [-0.25, -0.2) is 0 Å². The van der Waals surface area contributed by atoms with Crippen molar-refractivity contribution in [1.29, 1.82) is 0 Å². The van der Waals surface area contributed by atoms with E-state index in [-0.39, 0.29) is 0 Å². The maximum atomic E-state index is 10.6. The van der Waals surface area contributed by atoms with E-state index in [1.165, 1.54) is 0 Å². The van der Waals surface area contributed by atoms with Gasteiger partial charge in [0.25, 0.3) is 0 Å². The van der Waals surface area contributed by atoms with Crippen LogP contribution in [0.15, 0.2) is 36.4 Å². The molecular formula is C14H12ClNO. The van der Waals surface area contributed by atoms with Crippen molar-refractivity contribution in [2.75, 3.05) is 5.73 Å². The summed E-state index contributed by atoms with van der Waals surface area (Å²) in [6.07, 6.45) is 0.817. The monoisotopic (exact) mass is 245 g/mol. The van der Waals surface area contributed by atoms with E-state index < -0.39 is 0 Å². The second kappa shape index (κ2) is 4.60. The normalized spacial score (nSPS) is 10.2. The van der Waals surface area contributed by atoms with E-state index in [1.807, 2.05) is 25.1 Å². The molecule has 86 valence electrons. The molecule has 2 aromatic carbocycles. The van der Waals surface area contributed by atoms with Crippen molar-refractivity contribution in [3.63, 3.8) is 0 Å². The van der Waals surface area contributed by atoms with Crippen LogP contribution in [0.5, 0.6) is 0 Å². The number of nitrogens with two attached hydrogens (primary N) is 1. The summed E-state index contributed by atoms with van der Waals surface area (Å²) >= 11 is 6.21. The number of aldehydes is 1. The first kappa shape index (κ1) is 11.7. The SMILES string of the molecule is Cc1ccc(N)c(Cl)c1-c1ccc(C=O)cc1. The van der Waals surface area contributed by atoms with Crippen molar-refractivity contribution < 1.29 is 4.79 Å². The molecule has 0 fully saturated rings. The summed E-state index contributed by atoms with van der Waals surface area (Å²) in [5.74, 6) is 0. The summed E-state index contributed by atoms with van der Waals surface area (Å²) in [5, 5.41) is 0.559. The molecule has 0 aliphatic heterocycles. The highest BCUT2D eigenvalue weighted by atomic mass is 35.5. The highest BCUT2D eigenvalue weighted by molar-refractivity contribution is 6.36. The summed E-state index contributed by atoms with van der Waals surface area (Å²) in [6, 6.07) is 11.0. The lowest BCUT2D eigenvalue weighted by Gasteiger charge is -2.10. The molecule has 0 spiro atoms. The van der Waals surface area contributed by atoms with Gasteiger partial charge in [0.1, 0.15) is 6.29 Å². The van der Waals surface area contributed by atoms with Gasteiger partial charge in [-0.15, -0.1) is 0 Å². The summed E-state index contributed by atoms with van der Waals surface area (Å²) in [5.41, 5.74) is 9.94. The van der Waals surface area contributed by atoms with Crippen molar-refractivity contribution in [2.45, 2.75) is 6.92 Å². The van der Waals surface area contributed by atoms with Crippen LogP contribution in [0.4, 0.5) is 5.69 Å². The van der Waals surface area contributed by atoms with Crippen LogP contribution in [0.25, 0.3) is 11.1 Å². The van der Waals surface area contributed by atoms with Crippen LogP contribution < -0.4 is 5.73 Å². The molecule has 3 heteroatoms. The number of anilines is 1. The van der Waals surface area contributed by atoms with Crippen molar-refractivity contribution >= 4 is 23.6 Å². The molecular weight excluding hydrogens is 234 g/mol. The Bertz CT molecular complexity index is 561. The highest BCUT2D eigenvalue weighted by Crippen LogP contribution is 2.35. The molecule has 0 amide bonds. The summed E-state index contributed by atoms with van der Waals surface area (Å²) in [4.78, 5) is 10.6. The molecule has 0 saturated carbocycles. The van der Waals surface area contributed by atoms with E-state index in [1.54, 1.807) is 18.2 Å². The zero-order valence-electron chi connectivity index (χ0n) is 9.41. The Morgan fingerprint density at radius 1 is 1.12 bits per heavy atom. The molecule has 0 bridgehead atoms. The number of carbonyl (C=O) groups is 1. The van der Waals surface area contributed by atoms with Gasteiger partial charge in [0, 0.05) is 11.1 Å². The molecule has 0 radical (unpaired) electrons. The maximum Gasteiger partial charge on any atom is 0.150 e. The molecule has 2 rings (SSSR count). The first-order valence-corrected chi connectivity index (χ1v) is 5.61. The summed E-state index contributed by atoms with van der Waals surface area (Å²) in [7, 11) is 0. The predicted octanol–water partition coefficient (Wildman–Crippen LogP) is 3.71. The Morgan fingerprint density at radius 2 is 1.76 bits per heavy atom. The van der Waals surface area contributed by atoms with Crippen LogP contribution in [-0.4, -0.2) is 6.29 Å². The number of rotatable bonds is 2. The highest BCUT2D eigenvalue weighted by Gasteiger charge is 2.09. The molecule has 0 aromatic heterocycles. The van der Waals surface area contributed by atoms with Gasteiger partial charge in [-0.1, -0.05) is 41.9 Å². The quantitative estimate of drug-likeness (QED) is 0.647. The molecule has 2 nitrogen and oxygen atoms in total. The van der Waals surface area contributed by atoms with Crippen molar-refractivity contribution in [3.05, 3.63) is 52.5 Å². The number of halogens is 1. The smallest absolute Gasteiger partial charge is 0.150 e. The lowest BCUT2D eigenvalue weighted by Crippen LogP contribution is -1.92. The maximum absolute atomic E-state index is 10.6. The predicted molar refractivity (Wildman–Crippen MR) is 71.4 cm³/mol. The minimum absolute atomic E-state index is 0.559. The Balaban J connectivity index is 2.59. The lowest BCUT2D eigenvalue weighted by atomic mass is 9.99. The fourth-order valence-electron chi connectivity index (χ4n) is 1.77. The number of carbonyl (C=O) groups excluding carboxylic acids is 1.